The fraction of sp³-hybridized carbons (Fsp3) is 0.222. The average molecular weight is 634 g/mol. The third-order valence-corrected chi connectivity index (χ3v) is 7.28. The highest BCUT2D eigenvalue weighted by atomic mass is 16.6. The molecule has 0 bridgehead atoms. The lowest BCUT2D eigenvalue weighted by Crippen LogP contribution is -2.54. The second-order valence-electron chi connectivity index (χ2n) is 9.89. The summed E-state index contributed by atoms with van der Waals surface area (Å²) in [6.45, 7) is -1.26. The molecule has 0 aromatic heterocycles. The van der Waals surface area contributed by atoms with E-state index >= 15 is 0 Å². The number of ether oxygens (including phenoxy) is 3. The molecule has 3 aromatic carbocycles. The highest BCUT2D eigenvalue weighted by Gasteiger charge is 2.50. The molecule has 0 amide bonds. The van der Waals surface area contributed by atoms with Gasteiger partial charge in [0.15, 0.2) is 52.8 Å². The number of esters is 3. The van der Waals surface area contributed by atoms with E-state index in [1.165, 1.54) is 0 Å². The van der Waals surface area contributed by atoms with Crippen LogP contribution in [0.3, 0.4) is 0 Å². The molecule has 0 spiro atoms. The number of phenolic OH excluding ortho intramolecular Hbond substituents is 9. The molecule has 0 aliphatic carbocycles. The largest absolute Gasteiger partial charge is 0.504 e. The first-order valence-electron chi connectivity index (χ1n) is 12.5. The maximum atomic E-state index is 13.6. The van der Waals surface area contributed by atoms with Crippen LogP contribution >= 0.6 is 0 Å². The lowest BCUT2D eigenvalue weighted by Gasteiger charge is -2.38. The van der Waals surface area contributed by atoms with Gasteiger partial charge >= 0.3 is 17.9 Å². The summed E-state index contributed by atoms with van der Waals surface area (Å²) in [7, 11) is 0. The number of hydrogen-bond donors (Lipinski definition) is 12. The van der Waals surface area contributed by atoms with Crippen LogP contribution in [0.15, 0.2) is 18.2 Å². The highest BCUT2D eigenvalue weighted by molar-refractivity contribution is 6.08. The van der Waals surface area contributed by atoms with E-state index < -0.39 is 140 Å². The van der Waals surface area contributed by atoms with Crippen LogP contribution in [0, 0.1) is 0 Å². The van der Waals surface area contributed by atoms with Crippen molar-refractivity contribution in [3.8, 4) is 62.9 Å². The van der Waals surface area contributed by atoms with Gasteiger partial charge in [-0.25, -0.2) is 14.4 Å². The summed E-state index contributed by atoms with van der Waals surface area (Å²) in [6, 6.07) is 1.59. The fourth-order valence-corrected chi connectivity index (χ4v) is 5.05. The van der Waals surface area contributed by atoms with Crippen molar-refractivity contribution in [1.82, 2.24) is 0 Å². The third-order valence-electron chi connectivity index (χ3n) is 7.28. The Morgan fingerprint density at radius 1 is 0.533 bits per heavy atom. The summed E-state index contributed by atoms with van der Waals surface area (Å²) in [4.78, 5) is 39.8. The minimum Gasteiger partial charge on any atom is -0.504 e. The molecule has 0 saturated carbocycles. The van der Waals surface area contributed by atoms with Gasteiger partial charge in [-0.2, -0.15) is 0 Å². The Hall–Kier alpha value is -5.85. The normalized spacial score (nSPS) is 23.0. The van der Waals surface area contributed by atoms with Crippen LogP contribution in [0.1, 0.15) is 42.7 Å². The lowest BCUT2D eigenvalue weighted by atomic mass is 9.88. The standard InChI is InChI=1S/C27H22O18/c28-4-11-18(35)23(24-22(39)14-7(27(42)45-24)3-10(31)17(34)21(14)38)44-26(41)6-2-9(30)16(33)20(37)13(6)12-5(25(40)43-11)1-8(29)15(32)19(12)36/h1-3,11,18,22-24,28-39H,4H2. The summed E-state index contributed by atoms with van der Waals surface area (Å²) in [5.41, 5.74) is -5.33. The van der Waals surface area contributed by atoms with E-state index in [-0.39, 0.29) is 0 Å². The fourth-order valence-electron chi connectivity index (χ4n) is 5.05. The maximum Gasteiger partial charge on any atom is 0.339 e. The predicted octanol–water partition coefficient (Wildman–Crippen LogP) is -0.606. The first-order valence-corrected chi connectivity index (χ1v) is 12.5. The molecule has 5 unspecified atom stereocenters. The van der Waals surface area contributed by atoms with Gasteiger partial charge in [0.05, 0.1) is 23.3 Å². The summed E-state index contributed by atoms with van der Waals surface area (Å²) in [5, 5.41) is 125. The Labute approximate surface area is 248 Å². The number of hydrogen-bond acceptors (Lipinski definition) is 18. The first-order chi connectivity index (χ1) is 21.1. The van der Waals surface area contributed by atoms with Crippen molar-refractivity contribution in [3.05, 3.63) is 40.5 Å². The Bertz CT molecular complexity index is 1780. The number of rotatable bonds is 2. The SMILES string of the molecule is O=C1OC(CO)C(O)C(C2OC(=O)c3cc(O)c(O)c(O)c3C2O)OC(=O)c2cc(O)c(O)c(O)c2-c2c1cc(O)c(O)c2O. The zero-order chi connectivity index (χ0) is 33.2. The zero-order valence-electron chi connectivity index (χ0n) is 22.1. The minimum atomic E-state index is -2.42. The molecule has 5 atom stereocenters. The number of aliphatic hydroxyl groups excluding tert-OH is 3. The summed E-state index contributed by atoms with van der Waals surface area (Å²) in [5.74, 6) is -15.7. The molecule has 0 fully saturated rings. The molecule has 0 saturated heterocycles. The van der Waals surface area contributed by atoms with Crippen molar-refractivity contribution < 1.29 is 89.9 Å². The molecule has 5 rings (SSSR count). The number of fused-ring (bicyclic) bond motifs is 4. The first kappa shape index (κ1) is 30.6. The van der Waals surface area contributed by atoms with Crippen LogP contribution in [0.2, 0.25) is 0 Å². The molecule has 0 radical (unpaired) electrons. The number of aromatic hydroxyl groups is 9. The molecule has 2 aliphatic rings. The Morgan fingerprint density at radius 3 is 1.42 bits per heavy atom. The quantitative estimate of drug-likeness (QED) is 0.0950. The van der Waals surface area contributed by atoms with Gasteiger partial charge in [-0.3, -0.25) is 0 Å². The van der Waals surface area contributed by atoms with Crippen LogP contribution in [-0.2, 0) is 14.2 Å². The van der Waals surface area contributed by atoms with Crippen LogP contribution in [-0.4, -0.2) is 110 Å². The van der Waals surface area contributed by atoms with Crippen molar-refractivity contribution in [3.63, 3.8) is 0 Å². The van der Waals surface area contributed by atoms with E-state index in [2.05, 4.69) is 0 Å². The van der Waals surface area contributed by atoms with Gasteiger partial charge in [-0.15, -0.1) is 0 Å². The van der Waals surface area contributed by atoms with Gasteiger partial charge in [0, 0.05) is 16.7 Å². The second-order valence-corrected chi connectivity index (χ2v) is 9.89. The number of phenols is 9. The number of aliphatic hydroxyl groups is 3. The van der Waals surface area contributed by atoms with E-state index in [9.17, 15) is 75.7 Å². The van der Waals surface area contributed by atoms with E-state index in [4.69, 9.17) is 14.2 Å². The van der Waals surface area contributed by atoms with Crippen molar-refractivity contribution in [2.75, 3.05) is 6.61 Å². The average Bonchev–Trinajstić information content (AvgIpc) is 3.00. The number of benzene rings is 3. The van der Waals surface area contributed by atoms with Crippen molar-refractivity contribution in [1.29, 1.82) is 0 Å². The van der Waals surface area contributed by atoms with Crippen LogP contribution < -0.4 is 0 Å². The number of carbonyl (C=O) groups excluding carboxylic acids is 3. The van der Waals surface area contributed by atoms with Crippen LogP contribution in [0.5, 0.6) is 51.7 Å². The van der Waals surface area contributed by atoms with Crippen molar-refractivity contribution in [2.45, 2.75) is 30.5 Å². The van der Waals surface area contributed by atoms with E-state index in [1.807, 2.05) is 0 Å². The Kier molecular flexibility index (Phi) is 7.28. The van der Waals surface area contributed by atoms with Crippen LogP contribution in [0.25, 0.3) is 11.1 Å². The van der Waals surface area contributed by atoms with E-state index in [0.29, 0.717) is 18.2 Å². The number of cyclic esters (lactones) is 3. The molecule has 2 aliphatic heterocycles. The second kappa shape index (κ2) is 10.7. The van der Waals surface area contributed by atoms with Gasteiger partial charge in [0.1, 0.15) is 12.2 Å². The van der Waals surface area contributed by atoms with Gasteiger partial charge in [0.25, 0.3) is 0 Å². The zero-order valence-corrected chi connectivity index (χ0v) is 22.1. The van der Waals surface area contributed by atoms with Gasteiger partial charge in [0.2, 0.25) is 17.2 Å². The number of carbonyl (C=O) groups is 3. The van der Waals surface area contributed by atoms with Crippen molar-refractivity contribution >= 4 is 17.9 Å². The molecule has 238 valence electrons. The van der Waals surface area contributed by atoms with Gasteiger partial charge in [-0.1, -0.05) is 0 Å². The van der Waals surface area contributed by atoms with Gasteiger partial charge in [-0.05, 0) is 18.2 Å². The van der Waals surface area contributed by atoms with E-state index in [1.54, 1.807) is 0 Å². The smallest absolute Gasteiger partial charge is 0.339 e. The topological polar surface area (TPSA) is 322 Å². The predicted molar refractivity (Wildman–Crippen MR) is 139 cm³/mol. The molecule has 12 N–H and O–H groups in total. The minimum absolute atomic E-state index is 0.460. The van der Waals surface area contributed by atoms with Crippen LogP contribution in [0.4, 0.5) is 0 Å². The molecule has 18 heteroatoms. The highest BCUT2D eigenvalue weighted by Crippen LogP contribution is 2.53. The van der Waals surface area contributed by atoms with E-state index in [0.717, 1.165) is 0 Å². The molecular weight excluding hydrogens is 612 g/mol. The molecule has 45 heavy (non-hydrogen) atoms. The molecular formula is C27H22O18. The maximum absolute atomic E-state index is 13.6. The molecule has 18 nitrogen and oxygen atoms in total. The monoisotopic (exact) mass is 634 g/mol. The summed E-state index contributed by atoms with van der Waals surface area (Å²) >= 11 is 0. The van der Waals surface area contributed by atoms with Crippen molar-refractivity contribution in [2.24, 2.45) is 0 Å². The summed E-state index contributed by atoms with van der Waals surface area (Å²) in [6.07, 6.45) is -11.4. The summed E-state index contributed by atoms with van der Waals surface area (Å²) < 4.78 is 15.5. The van der Waals surface area contributed by atoms with Gasteiger partial charge < -0.3 is 75.5 Å². The lowest BCUT2D eigenvalue weighted by molar-refractivity contribution is -0.152. The Balaban J connectivity index is 1.76. The molecule has 3 aromatic rings. The Morgan fingerprint density at radius 2 is 0.933 bits per heavy atom. The third kappa shape index (κ3) is 4.60. The molecule has 2 heterocycles.